The smallest absolute Gasteiger partial charge is 0.187 e. The van der Waals surface area contributed by atoms with Gasteiger partial charge in [0.05, 0.1) is 25.2 Å². The molecule has 2 heterocycles. The van der Waals surface area contributed by atoms with E-state index < -0.39 is 110 Å². The van der Waals surface area contributed by atoms with Crippen molar-refractivity contribution in [1.29, 1.82) is 0 Å². The molecule has 1 aliphatic carbocycles. The maximum Gasteiger partial charge on any atom is 0.187 e. The van der Waals surface area contributed by atoms with Crippen LogP contribution >= 0.6 is 0 Å². The molecule has 3 fully saturated rings. The molecule has 0 aromatic carbocycles. The van der Waals surface area contributed by atoms with E-state index in [0.29, 0.717) is 0 Å². The molecule has 2 aliphatic heterocycles. The first-order valence-electron chi connectivity index (χ1n) is 14.5. The minimum atomic E-state index is -1.91. The van der Waals surface area contributed by atoms with Crippen molar-refractivity contribution in [1.82, 2.24) is 0 Å². The van der Waals surface area contributed by atoms with Gasteiger partial charge >= 0.3 is 0 Å². The molecule has 26 N–H and O–H groups in total. The second-order valence-corrected chi connectivity index (χ2v) is 11.3. The third kappa shape index (κ3) is 9.52. The molecule has 0 aromatic heterocycles. The van der Waals surface area contributed by atoms with Gasteiger partial charge < -0.3 is 107 Å². The SMILES string of the molecule is NC(N)=NC[C@H]1O[C@@H](O[C@@H]2[C@@H](O)[C@H](N=C(N)N)C[C@H](N=C(N)N)[C@H]2O[C@H]2O[C@H](CN=C(N)N)[C@@H](O)[C@H](O)[C@H]2N=C(N)N)[C@H](O)[C@@H](O)[C@@H]1O. The van der Waals surface area contributed by atoms with Gasteiger partial charge in [0.15, 0.2) is 42.4 Å². The second-order valence-electron chi connectivity index (χ2n) is 11.3. The van der Waals surface area contributed by atoms with E-state index in [9.17, 15) is 30.6 Å². The third-order valence-electron chi connectivity index (χ3n) is 7.67. The summed E-state index contributed by atoms with van der Waals surface area (Å²) in [5.74, 6) is -2.08. The van der Waals surface area contributed by atoms with Crippen molar-refractivity contribution in [2.45, 2.75) is 98.2 Å². The molecular formula is C23H47N15O10. The van der Waals surface area contributed by atoms with Gasteiger partial charge in [-0.15, -0.1) is 0 Å². The van der Waals surface area contributed by atoms with E-state index in [2.05, 4.69) is 25.0 Å². The van der Waals surface area contributed by atoms with Gasteiger partial charge in [-0.3, -0.25) is 9.98 Å². The first-order chi connectivity index (χ1) is 22.4. The lowest BCUT2D eigenvalue weighted by atomic mass is 9.83. The van der Waals surface area contributed by atoms with Crippen LogP contribution in [0.2, 0.25) is 0 Å². The van der Waals surface area contributed by atoms with Gasteiger partial charge in [-0.25, -0.2) is 15.0 Å². The Balaban J connectivity index is 2.09. The van der Waals surface area contributed by atoms with E-state index in [1.165, 1.54) is 0 Å². The summed E-state index contributed by atoms with van der Waals surface area (Å²) in [5, 5.41) is 65.1. The van der Waals surface area contributed by atoms with E-state index in [4.69, 9.17) is 76.3 Å². The van der Waals surface area contributed by atoms with Gasteiger partial charge in [0, 0.05) is 0 Å². The number of ether oxygens (including phenoxy) is 4. The molecule has 25 nitrogen and oxygen atoms in total. The average molecular weight is 694 g/mol. The van der Waals surface area contributed by atoms with Crippen LogP contribution in [0.5, 0.6) is 0 Å². The zero-order chi connectivity index (χ0) is 36.0. The highest BCUT2D eigenvalue weighted by Crippen LogP contribution is 2.36. The summed E-state index contributed by atoms with van der Waals surface area (Å²) in [5.41, 5.74) is 55.4. The summed E-state index contributed by atoms with van der Waals surface area (Å²) in [7, 11) is 0. The largest absolute Gasteiger partial charge is 0.388 e. The van der Waals surface area contributed by atoms with Crippen molar-refractivity contribution >= 4 is 29.8 Å². The molecule has 0 amide bonds. The molecule has 1 saturated carbocycles. The molecule has 3 aliphatic rings. The van der Waals surface area contributed by atoms with Gasteiger partial charge in [-0.2, -0.15) is 0 Å². The number of aliphatic hydroxyl groups excluding tert-OH is 6. The Morgan fingerprint density at radius 3 is 1.46 bits per heavy atom. The Labute approximate surface area is 273 Å². The summed E-state index contributed by atoms with van der Waals surface area (Å²) in [4.78, 5) is 19.8. The maximum absolute atomic E-state index is 11.5. The fraction of sp³-hybridized carbons (Fsp3) is 0.783. The average Bonchev–Trinajstić information content (AvgIpc) is 2.98. The van der Waals surface area contributed by atoms with Crippen LogP contribution in [0.4, 0.5) is 0 Å². The van der Waals surface area contributed by atoms with E-state index in [1.54, 1.807) is 0 Å². The molecule has 274 valence electrons. The lowest BCUT2D eigenvalue weighted by molar-refractivity contribution is -0.338. The van der Waals surface area contributed by atoms with Crippen LogP contribution in [0.25, 0.3) is 0 Å². The summed E-state index contributed by atoms with van der Waals surface area (Å²) in [6, 6.07) is -3.80. The van der Waals surface area contributed by atoms with Crippen LogP contribution < -0.4 is 57.3 Å². The van der Waals surface area contributed by atoms with E-state index in [-0.39, 0.29) is 31.4 Å². The first kappa shape index (κ1) is 38.4. The number of nitrogens with zero attached hydrogens (tertiary/aromatic N) is 5. The lowest BCUT2D eigenvalue weighted by Crippen LogP contribution is -2.66. The Hall–Kier alpha value is -4.05. The van der Waals surface area contributed by atoms with Gasteiger partial charge in [-0.1, -0.05) is 0 Å². The topological polar surface area (TPSA) is 480 Å². The van der Waals surface area contributed by atoms with Crippen LogP contribution in [-0.4, -0.2) is 165 Å². The molecule has 3 rings (SSSR count). The van der Waals surface area contributed by atoms with Crippen LogP contribution in [-0.2, 0) is 18.9 Å². The fourth-order valence-corrected chi connectivity index (χ4v) is 5.49. The number of nitrogens with two attached hydrogens (primary N) is 10. The van der Waals surface area contributed by atoms with Gasteiger partial charge in [0.2, 0.25) is 0 Å². The zero-order valence-electron chi connectivity index (χ0n) is 25.6. The van der Waals surface area contributed by atoms with Crippen LogP contribution in [0.1, 0.15) is 6.42 Å². The summed E-state index contributed by atoms with van der Waals surface area (Å²) in [6.07, 6.45) is -19.7. The predicted octanol–water partition coefficient (Wildman–Crippen LogP) is -10.8. The van der Waals surface area contributed by atoms with Crippen molar-refractivity contribution in [3.8, 4) is 0 Å². The third-order valence-corrected chi connectivity index (χ3v) is 7.67. The molecule has 0 unspecified atom stereocenters. The number of hydrogen-bond donors (Lipinski definition) is 16. The minimum Gasteiger partial charge on any atom is -0.388 e. The first-order valence-corrected chi connectivity index (χ1v) is 14.5. The Kier molecular flexibility index (Phi) is 13.1. The van der Waals surface area contributed by atoms with Crippen molar-refractivity contribution in [3.05, 3.63) is 0 Å². The molecule has 0 bridgehead atoms. The lowest BCUT2D eigenvalue weighted by Gasteiger charge is -2.48. The normalized spacial score (nSPS) is 39.8. The number of aliphatic imine (C=N–C) groups is 5. The maximum atomic E-state index is 11.5. The predicted molar refractivity (Wildman–Crippen MR) is 168 cm³/mol. The summed E-state index contributed by atoms with van der Waals surface area (Å²) in [6.45, 7) is -0.702. The van der Waals surface area contributed by atoms with Gasteiger partial charge in [-0.05, 0) is 6.42 Å². The highest BCUT2D eigenvalue weighted by molar-refractivity contribution is 5.77. The van der Waals surface area contributed by atoms with Crippen LogP contribution in [0, 0.1) is 0 Å². The number of hydrogen-bond acceptors (Lipinski definition) is 15. The molecule has 2 saturated heterocycles. The van der Waals surface area contributed by atoms with Crippen molar-refractivity contribution in [3.63, 3.8) is 0 Å². The van der Waals surface area contributed by atoms with Crippen molar-refractivity contribution in [2.24, 2.45) is 82.3 Å². The molecular weight excluding hydrogens is 646 g/mol. The molecule has 0 spiro atoms. The van der Waals surface area contributed by atoms with E-state index >= 15 is 0 Å². The molecule has 15 atom stereocenters. The number of guanidine groups is 5. The standard InChI is InChI=1S/C23H47N15O10/c24-19(25)34-2-6-10(40)12(42)8(38-23(32)33)17(45-6)47-15-5(37-22(30)31)1-4(36-21(28)29)9(39)16(15)48-18-14(44)13(43)11(41)7(46-18)3-35-20(26)27/h4-18,39-44H,1-3H2,(H4,24,25,34)(H4,26,27,35)(H4,28,29,36)(H4,30,31,37)(H4,32,33,38)/t4-,5+,6-,7-,8-,9+,10-,11-,12-,13+,14-,15-,16-,17-,18+/m1/s1. The Morgan fingerprint density at radius 1 is 0.500 bits per heavy atom. The van der Waals surface area contributed by atoms with Crippen LogP contribution in [0.3, 0.4) is 0 Å². The highest BCUT2D eigenvalue weighted by Gasteiger charge is 2.54. The summed E-state index contributed by atoms with van der Waals surface area (Å²) >= 11 is 0. The molecule has 0 aromatic rings. The van der Waals surface area contributed by atoms with Crippen LogP contribution in [0.15, 0.2) is 25.0 Å². The molecule has 25 heteroatoms. The monoisotopic (exact) mass is 693 g/mol. The number of rotatable bonds is 11. The molecule has 48 heavy (non-hydrogen) atoms. The zero-order valence-corrected chi connectivity index (χ0v) is 25.6. The van der Waals surface area contributed by atoms with Crippen molar-refractivity contribution in [2.75, 3.05) is 13.1 Å². The van der Waals surface area contributed by atoms with Gasteiger partial charge in [0.25, 0.3) is 0 Å². The van der Waals surface area contributed by atoms with E-state index in [0.717, 1.165) is 0 Å². The van der Waals surface area contributed by atoms with E-state index in [1.807, 2.05) is 0 Å². The Bertz CT molecular complexity index is 1220. The molecule has 0 radical (unpaired) electrons. The Morgan fingerprint density at radius 2 is 0.958 bits per heavy atom. The number of aliphatic hydroxyl groups is 6. The summed E-state index contributed by atoms with van der Waals surface area (Å²) < 4.78 is 23.9. The quantitative estimate of drug-likeness (QED) is 0.0705. The minimum absolute atomic E-state index is 0.174. The fourth-order valence-electron chi connectivity index (χ4n) is 5.49. The van der Waals surface area contributed by atoms with Crippen molar-refractivity contribution < 1.29 is 49.6 Å². The second kappa shape index (κ2) is 16.4. The highest BCUT2D eigenvalue weighted by atomic mass is 16.7. The van der Waals surface area contributed by atoms with Gasteiger partial charge in [0.1, 0.15) is 67.1 Å².